The average molecular weight is 310 g/mol. The van der Waals surface area contributed by atoms with Gasteiger partial charge in [-0.3, -0.25) is 0 Å². The predicted molar refractivity (Wildman–Crippen MR) is 83.7 cm³/mol. The summed E-state index contributed by atoms with van der Waals surface area (Å²) in [5.41, 5.74) is 3.45. The molecule has 0 aliphatic rings. The van der Waals surface area contributed by atoms with Crippen molar-refractivity contribution in [2.45, 2.75) is 18.4 Å². The Labute approximate surface area is 124 Å². The molecule has 1 heterocycles. The largest absolute Gasteiger partial charge is 0.381 e. The highest BCUT2D eigenvalue weighted by molar-refractivity contribution is 7.89. The highest BCUT2D eigenvalue weighted by Crippen LogP contribution is 2.19. The van der Waals surface area contributed by atoms with E-state index in [-0.39, 0.29) is 0 Å². The van der Waals surface area contributed by atoms with Gasteiger partial charge in [0.05, 0.1) is 4.90 Å². The van der Waals surface area contributed by atoms with Crippen LogP contribution >= 0.6 is 11.3 Å². The fraction of sp³-hybridized carbons (Fsp3) is 0.286. The first kappa shape index (κ1) is 15.0. The molecule has 4 nitrogen and oxygen atoms in total. The van der Waals surface area contributed by atoms with E-state index >= 15 is 0 Å². The van der Waals surface area contributed by atoms with Crippen LogP contribution in [0.15, 0.2) is 39.9 Å². The van der Waals surface area contributed by atoms with E-state index < -0.39 is 10.0 Å². The first-order chi connectivity index (χ1) is 9.41. The fourth-order valence-corrected chi connectivity index (χ4v) is 3.48. The molecular formula is C14H18N2O2S2. The molecule has 0 aliphatic heterocycles. The summed E-state index contributed by atoms with van der Waals surface area (Å²) in [5.74, 6) is 0. The van der Waals surface area contributed by atoms with E-state index in [2.05, 4.69) is 23.0 Å². The van der Waals surface area contributed by atoms with E-state index in [1.807, 2.05) is 0 Å². The van der Waals surface area contributed by atoms with Crippen molar-refractivity contribution in [2.75, 3.05) is 19.4 Å². The Hall–Kier alpha value is -1.37. The van der Waals surface area contributed by atoms with Gasteiger partial charge in [-0.25, -0.2) is 12.7 Å². The van der Waals surface area contributed by atoms with Gasteiger partial charge in [-0.05, 0) is 53.1 Å². The van der Waals surface area contributed by atoms with Gasteiger partial charge in [-0.15, -0.1) is 0 Å². The second-order valence-corrected chi connectivity index (χ2v) is 7.64. The van der Waals surface area contributed by atoms with Gasteiger partial charge in [0.25, 0.3) is 0 Å². The third-order valence-electron chi connectivity index (χ3n) is 3.08. The topological polar surface area (TPSA) is 49.4 Å². The number of rotatable bonds is 5. The molecule has 2 rings (SSSR count). The van der Waals surface area contributed by atoms with E-state index in [9.17, 15) is 8.42 Å². The summed E-state index contributed by atoms with van der Waals surface area (Å²) in [6, 6.07) is 6.83. The minimum atomic E-state index is -3.35. The Morgan fingerprint density at radius 1 is 1.15 bits per heavy atom. The molecule has 1 N–H and O–H groups in total. The zero-order valence-electron chi connectivity index (χ0n) is 11.8. The van der Waals surface area contributed by atoms with Crippen molar-refractivity contribution < 1.29 is 8.42 Å². The minimum Gasteiger partial charge on any atom is -0.381 e. The smallest absolute Gasteiger partial charge is 0.242 e. The molecule has 0 fully saturated rings. The summed E-state index contributed by atoms with van der Waals surface area (Å²) >= 11 is 1.69. The number of benzene rings is 1. The number of nitrogens with one attached hydrogen (secondary N) is 1. The Morgan fingerprint density at radius 3 is 2.30 bits per heavy atom. The highest BCUT2D eigenvalue weighted by Gasteiger charge is 2.16. The second-order valence-electron chi connectivity index (χ2n) is 4.75. The summed E-state index contributed by atoms with van der Waals surface area (Å²) < 4.78 is 25.1. The average Bonchev–Trinajstić information content (AvgIpc) is 2.82. The molecule has 0 saturated carbocycles. The summed E-state index contributed by atoms with van der Waals surface area (Å²) in [4.78, 5) is 0.305. The van der Waals surface area contributed by atoms with Crippen LogP contribution in [0.3, 0.4) is 0 Å². The molecule has 0 amide bonds. The summed E-state index contributed by atoms with van der Waals surface area (Å²) in [6.45, 7) is 2.83. The van der Waals surface area contributed by atoms with Crippen LogP contribution in [0.4, 0.5) is 5.69 Å². The number of anilines is 1. The normalized spacial score (nSPS) is 11.8. The molecule has 0 unspecified atom stereocenters. The number of thiophene rings is 1. The van der Waals surface area contributed by atoms with Crippen molar-refractivity contribution in [3.8, 4) is 0 Å². The zero-order valence-corrected chi connectivity index (χ0v) is 13.4. The molecule has 2 aromatic rings. The van der Waals surface area contributed by atoms with Gasteiger partial charge in [-0.2, -0.15) is 11.3 Å². The van der Waals surface area contributed by atoms with E-state index in [0.29, 0.717) is 4.90 Å². The molecule has 20 heavy (non-hydrogen) atoms. The first-order valence-corrected chi connectivity index (χ1v) is 8.57. The van der Waals surface area contributed by atoms with Gasteiger partial charge < -0.3 is 5.32 Å². The summed E-state index contributed by atoms with van der Waals surface area (Å²) in [5, 5.41) is 7.53. The van der Waals surface area contributed by atoms with Gasteiger partial charge in [-0.1, -0.05) is 0 Å². The van der Waals surface area contributed by atoms with E-state index in [0.717, 1.165) is 12.2 Å². The van der Waals surface area contributed by atoms with Gasteiger partial charge in [0, 0.05) is 26.3 Å². The molecular weight excluding hydrogens is 292 g/mol. The third kappa shape index (κ3) is 3.20. The van der Waals surface area contributed by atoms with Crippen molar-refractivity contribution in [3.05, 3.63) is 46.2 Å². The number of hydrogen-bond acceptors (Lipinski definition) is 4. The Kier molecular flexibility index (Phi) is 4.47. The fourth-order valence-electron chi connectivity index (χ4n) is 1.72. The monoisotopic (exact) mass is 310 g/mol. The lowest BCUT2D eigenvalue weighted by Gasteiger charge is -2.12. The van der Waals surface area contributed by atoms with Crippen LogP contribution < -0.4 is 5.32 Å². The first-order valence-electron chi connectivity index (χ1n) is 6.19. The maximum Gasteiger partial charge on any atom is 0.242 e. The predicted octanol–water partition coefficient (Wildman–Crippen LogP) is 2.92. The van der Waals surface area contributed by atoms with Gasteiger partial charge in [0.1, 0.15) is 0 Å². The molecule has 1 aromatic carbocycles. The van der Waals surface area contributed by atoms with Crippen LogP contribution in [0.1, 0.15) is 11.1 Å². The highest BCUT2D eigenvalue weighted by atomic mass is 32.2. The van der Waals surface area contributed by atoms with Crippen molar-refractivity contribution >= 4 is 27.0 Å². The van der Waals surface area contributed by atoms with E-state index in [4.69, 9.17) is 0 Å². The second kappa shape index (κ2) is 5.95. The lowest BCUT2D eigenvalue weighted by Crippen LogP contribution is -2.22. The minimum absolute atomic E-state index is 0.305. The third-order valence-corrected chi connectivity index (χ3v) is 5.82. The van der Waals surface area contributed by atoms with Crippen molar-refractivity contribution in [1.29, 1.82) is 0 Å². The lowest BCUT2D eigenvalue weighted by atomic mass is 10.2. The summed E-state index contributed by atoms with van der Waals surface area (Å²) in [7, 11) is -0.294. The molecule has 6 heteroatoms. The van der Waals surface area contributed by atoms with Crippen LogP contribution in [-0.2, 0) is 16.6 Å². The molecule has 108 valence electrons. The molecule has 0 saturated heterocycles. The van der Waals surface area contributed by atoms with Gasteiger partial charge in [0.15, 0.2) is 0 Å². The molecule has 0 radical (unpaired) electrons. The number of hydrogen-bond donors (Lipinski definition) is 1. The van der Waals surface area contributed by atoms with Crippen molar-refractivity contribution in [2.24, 2.45) is 0 Å². The standard InChI is InChI=1S/C14H18N2O2S2/c1-11-9-19-10-12(11)8-15-13-4-6-14(7-5-13)20(17,18)16(2)3/h4-7,9-10,15H,8H2,1-3H3. The maximum atomic E-state index is 11.9. The number of aryl methyl sites for hydroxylation is 1. The van der Waals surface area contributed by atoms with Crippen LogP contribution in [-0.4, -0.2) is 26.8 Å². The molecule has 0 spiro atoms. The van der Waals surface area contributed by atoms with E-state index in [1.165, 1.54) is 29.5 Å². The van der Waals surface area contributed by atoms with Gasteiger partial charge >= 0.3 is 0 Å². The Morgan fingerprint density at radius 2 is 1.80 bits per heavy atom. The maximum absolute atomic E-state index is 11.9. The molecule has 1 aromatic heterocycles. The van der Waals surface area contributed by atoms with Crippen molar-refractivity contribution in [1.82, 2.24) is 4.31 Å². The SMILES string of the molecule is Cc1cscc1CNc1ccc(S(=O)(=O)N(C)C)cc1. The quantitative estimate of drug-likeness (QED) is 0.924. The lowest BCUT2D eigenvalue weighted by molar-refractivity contribution is 0.521. The van der Waals surface area contributed by atoms with E-state index in [1.54, 1.807) is 35.6 Å². The molecule has 0 atom stereocenters. The molecule has 0 aliphatic carbocycles. The van der Waals surface area contributed by atoms with Crippen molar-refractivity contribution in [3.63, 3.8) is 0 Å². The number of nitrogens with zero attached hydrogens (tertiary/aromatic N) is 1. The van der Waals surface area contributed by atoms with Crippen LogP contribution in [0, 0.1) is 6.92 Å². The summed E-state index contributed by atoms with van der Waals surface area (Å²) in [6.07, 6.45) is 0. The van der Waals surface area contributed by atoms with Crippen LogP contribution in [0.2, 0.25) is 0 Å². The zero-order chi connectivity index (χ0) is 14.8. The van der Waals surface area contributed by atoms with Crippen LogP contribution in [0.5, 0.6) is 0 Å². The van der Waals surface area contributed by atoms with Gasteiger partial charge in [0.2, 0.25) is 10.0 Å². The Bertz CT molecular complexity index is 673. The molecule has 0 bridgehead atoms. The Balaban J connectivity index is 2.08. The number of sulfonamides is 1. The van der Waals surface area contributed by atoms with Crippen LogP contribution in [0.25, 0.3) is 0 Å².